The molecule has 3 aliphatic heterocycles. The Balaban J connectivity index is 1.43. The molecule has 10 heteroatoms. The van der Waals surface area contributed by atoms with Crippen molar-refractivity contribution in [3.8, 4) is 0 Å². The second kappa shape index (κ2) is 10.5. The Morgan fingerprint density at radius 2 is 1.87 bits per heavy atom. The number of methoxy groups -OCH3 is 1. The minimum atomic E-state index is 0.0000856. The summed E-state index contributed by atoms with van der Waals surface area (Å²) in [5.41, 5.74) is 6.36. The number of nitrogens with zero attached hydrogens (tertiary/aromatic N) is 6. The monoisotopic (exact) mass is 431 g/mol. The summed E-state index contributed by atoms with van der Waals surface area (Å²) in [6.07, 6.45) is 2.13. The Morgan fingerprint density at radius 1 is 1.10 bits per heavy atom. The van der Waals surface area contributed by atoms with Gasteiger partial charge in [0.25, 0.3) is 0 Å². The van der Waals surface area contributed by atoms with Crippen molar-refractivity contribution in [2.75, 3.05) is 95.5 Å². The zero-order chi connectivity index (χ0) is 21.6. The van der Waals surface area contributed by atoms with Gasteiger partial charge in [-0.25, -0.2) is 4.98 Å². The van der Waals surface area contributed by atoms with Gasteiger partial charge in [0.15, 0.2) is 0 Å². The van der Waals surface area contributed by atoms with Crippen LogP contribution in [0.25, 0.3) is 0 Å². The summed E-state index contributed by atoms with van der Waals surface area (Å²) in [7, 11) is 1.76. The van der Waals surface area contributed by atoms with Crippen LogP contribution in [0.15, 0.2) is 6.07 Å². The molecule has 31 heavy (non-hydrogen) atoms. The maximum absolute atomic E-state index is 7.96. The first-order chi connectivity index (χ1) is 15.1. The topological polar surface area (TPSA) is 110 Å². The molecule has 0 atom stereocenters. The zero-order valence-corrected chi connectivity index (χ0v) is 18.7. The molecule has 4 heterocycles. The van der Waals surface area contributed by atoms with Gasteiger partial charge in [-0.15, -0.1) is 0 Å². The van der Waals surface area contributed by atoms with Gasteiger partial charge in [0, 0.05) is 91.3 Å². The van der Waals surface area contributed by atoms with Crippen LogP contribution in [-0.2, 0) is 4.74 Å². The summed E-state index contributed by atoms with van der Waals surface area (Å²) >= 11 is 0. The van der Waals surface area contributed by atoms with Crippen molar-refractivity contribution in [2.45, 2.75) is 18.9 Å². The second-order valence-electron chi connectivity index (χ2n) is 8.69. The van der Waals surface area contributed by atoms with Gasteiger partial charge < -0.3 is 30.5 Å². The van der Waals surface area contributed by atoms with E-state index in [0.717, 1.165) is 97.3 Å². The van der Waals surface area contributed by atoms with Gasteiger partial charge in [0.05, 0.1) is 0 Å². The lowest BCUT2D eigenvalue weighted by Gasteiger charge is -2.43. The largest absolute Gasteiger partial charge is 0.385 e. The van der Waals surface area contributed by atoms with Crippen molar-refractivity contribution in [2.24, 2.45) is 5.73 Å². The van der Waals surface area contributed by atoms with Gasteiger partial charge in [-0.2, -0.15) is 4.98 Å². The molecule has 0 radical (unpaired) electrons. The first-order valence-corrected chi connectivity index (χ1v) is 11.5. The smallest absolute Gasteiger partial charge is 0.228 e. The highest BCUT2D eigenvalue weighted by atomic mass is 16.5. The van der Waals surface area contributed by atoms with E-state index in [1.165, 1.54) is 0 Å². The fourth-order valence-corrected chi connectivity index (χ4v) is 4.54. The van der Waals surface area contributed by atoms with Gasteiger partial charge in [-0.1, -0.05) is 0 Å². The predicted molar refractivity (Wildman–Crippen MR) is 123 cm³/mol. The van der Waals surface area contributed by atoms with Crippen LogP contribution in [0.4, 0.5) is 11.8 Å². The maximum atomic E-state index is 7.96. The van der Waals surface area contributed by atoms with E-state index in [0.29, 0.717) is 17.7 Å². The fourth-order valence-electron chi connectivity index (χ4n) is 4.54. The highest BCUT2D eigenvalue weighted by molar-refractivity contribution is 5.94. The van der Waals surface area contributed by atoms with Crippen LogP contribution >= 0.6 is 0 Å². The van der Waals surface area contributed by atoms with Crippen LogP contribution in [0.1, 0.15) is 18.5 Å². The van der Waals surface area contributed by atoms with E-state index in [4.69, 9.17) is 20.9 Å². The Labute approximate surface area is 185 Å². The van der Waals surface area contributed by atoms with Crippen molar-refractivity contribution < 1.29 is 4.74 Å². The molecule has 3 saturated heterocycles. The molecule has 0 spiro atoms. The molecule has 0 saturated carbocycles. The van der Waals surface area contributed by atoms with Gasteiger partial charge in [0.2, 0.25) is 5.95 Å². The molecule has 0 bridgehead atoms. The first kappa shape index (κ1) is 22.2. The van der Waals surface area contributed by atoms with Crippen molar-refractivity contribution in [1.82, 2.24) is 25.1 Å². The normalized spacial score (nSPS) is 21.7. The van der Waals surface area contributed by atoms with E-state index in [1.807, 2.05) is 6.07 Å². The number of rotatable bonds is 8. The minimum absolute atomic E-state index is 0.0000856. The van der Waals surface area contributed by atoms with Crippen LogP contribution in [0.2, 0.25) is 0 Å². The lowest BCUT2D eigenvalue weighted by Crippen LogP contribution is -2.61. The van der Waals surface area contributed by atoms with Crippen LogP contribution in [0, 0.1) is 5.41 Å². The Hall–Kier alpha value is -2.01. The molecule has 1 aromatic heterocycles. The summed E-state index contributed by atoms with van der Waals surface area (Å²) < 4.78 is 5.19. The number of hydrogen-bond donors (Lipinski definition) is 3. The van der Waals surface area contributed by atoms with Gasteiger partial charge in [-0.3, -0.25) is 10.3 Å². The number of hydrogen-bond acceptors (Lipinski definition) is 9. The van der Waals surface area contributed by atoms with Crippen molar-refractivity contribution in [1.29, 1.82) is 5.41 Å². The van der Waals surface area contributed by atoms with Crippen molar-refractivity contribution >= 4 is 17.6 Å². The summed E-state index contributed by atoms with van der Waals surface area (Å²) in [4.78, 5) is 19.2. The van der Waals surface area contributed by atoms with Crippen molar-refractivity contribution in [3.63, 3.8) is 0 Å². The maximum Gasteiger partial charge on any atom is 0.228 e. The Morgan fingerprint density at radius 3 is 2.55 bits per heavy atom. The van der Waals surface area contributed by atoms with E-state index in [-0.39, 0.29) is 5.84 Å². The number of aromatic nitrogens is 2. The van der Waals surface area contributed by atoms with Gasteiger partial charge in [0.1, 0.15) is 17.3 Å². The molecule has 0 amide bonds. The van der Waals surface area contributed by atoms with E-state index in [1.54, 1.807) is 7.11 Å². The molecule has 10 nitrogen and oxygen atoms in total. The summed E-state index contributed by atoms with van der Waals surface area (Å²) in [5.74, 6) is 1.59. The molecular formula is C21H37N9O. The summed E-state index contributed by atoms with van der Waals surface area (Å²) in [5, 5.41) is 11.3. The number of amidine groups is 1. The highest BCUT2D eigenvalue weighted by Crippen LogP contribution is 2.21. The number of piperazine rings is 1. The standard InChI is InChI=1S/C21H37N9O/c1-31-13-3-5-27-4-2-6-30(8-7-27)21-25-18(20(22)23)14-19(26-21)29-11-9-28(10-12-29)17-15-24-16-17/h14,17,24H,2-13,15-16H2,1H3,(H3,22,23). The molecule has 0 aromatic carbocycles. The third-order valence-electron chi connectivity index (χ3n) is 6.59. The van der Waals surface area contributed by atoms with E-state index in [9.17, 15) is 0 Å². The lowest BCUT2D eigenvalue weighted by atomic mass is 10.1. The number of nitrogens with one attached hydrogen (secondary N) is 2. The third-order valence-corrected chi connectivity index (χ3v) is 6.59. The van der Waals surface area contributed by atoms with E-state index in [2.05, 4.69) is 29.9 Å². The van der Waals surface area contributed by atoms with Crippen LogP contribution in [0.3, 0.4) is 0 Å². The van der Waals surface area contributed by atoms with E-state index < -0.39 is 0 Å². The molecule has 172 valence electrons. The Bertz CT molecular complexity index is 734. The van der Waals surface area contributed by atoms with Crippen molar-refractivity contribution in [3.05, 3.63) is 11.8 Å². The van der Waals surface area contributed by atoms with E-state index >= 15 is 0 Å². The minimum Gasteiger partial charge on any atom is -0.385 e. The summed E-state index contributed by atoms with van der Waals surface area (Å²) in [6.45, 7) is 11.9. The third kappa shape index (κ3) is 5.62. The first-order valence-electron chi connectivity index (χ1n) is 11.5. The number of anilines is 2. The average Bonchev–Trinajstić information content (AvgIpc) is 2.99. The lowest BCUT2D eigenvalue weighted by molar-refractivity contribution is 0.137. The molecule has 3 fully saturated rings. The number of nitrogen functional groups attached to an aromatic ring is 1. The molecule has 3 aliphatic rings. The highest BCUT2D eigenvalue weighted by Gasteiger charge is 2.29. The second-order valence-corrected chi connectivity index (χ2v) is 8.69. The number of nitrogens with two attached hydrogens (primary N) is 1. The SMILES string of the molecule is COCCCN1CCCN(c2nc(C(=N)N)cc(N3CCN(C4CNC4)CC3)n2)CC1. The average molecular weight is 432 g/mol. The molecular weight excluding hydrogens is 394 g/mol. The predicted octanol–water partition coefficient (Wildman–Crippen LogP) is -0.597. The Kier molecular flexibility index (Phi) is 7.54. The fraction of sp³-hybridized carbons (Fsp3) is 0.762. The van der Waals surface area contributed by atoms with Crippen LogP contribution < -0.4 is 20.9 Å². The molecule has 4 rings (SSSR count). The van der Waals surface area contributed by atoms with Crippen LogP contribution in [-0.4, -0.2) is 117 Å². The molecule has 1 aromatic rings. The molecule has 0 aliphatic carbocycles. The van der Waals surface area contributed by atoms with Gasteiger partial charge >= 0.3 is 0 Å². The van der Waals surface area contributed by atoms with Gasteiger partial charge in [-0.05, 0) is 19.4 Å². The zero-order valence-electron chi connectivity index (χ0n) is 18.7. The molecule has 0 unspecified atom stereocenters. The summed E-state index contributed by atoms with van der Waals surface area (Å²) in [6, 6.07) is 2.56. The van der Waals surface area contributed by atoms with Crippen LogP contribution in [0.5, 0.6) is 0 Å². The quantitative estimate of drug-likeness (QED) is 0.282. The number of ether oxygens (including phenoxy) is 1. The molecule has 4 N–H and O–H groups in total.